The van der Waals surface area contributed by atoms with Crippen molar-refractivity contribution >= 4 is 29.9 Å². The second-order valence-electron chi connectivity index (χ2n) is 5.59. The number of aliphatic hydroxyl groups excluding tert-OH is 1. The van der Waals surface area contributed by atoms with Gasteiger partial charge >= 0.3 is 0 Å². The molecule has 0 bridgehead atoms. The molecule has 0 radical (unpaired) electrons. The molecule has 3 unspecified atom stereocenters. The highest BCUT2D eigenvalue weighted by Crippen LogP contribution is 2.24. The molecule has 3 rings (SSSR count). The Balaban J connectivity index is 0.00000176. The van der Waals surface area contributed by atoms with E-state index in [2.05, 4.69) is 20.8 Å². The molecular weight excluding hydrogens is 310 g/mol. The highest BCUT2D eigenvalue weighted by Gasteiger charge is 2.36. The summed E-state index contributed by atoms with van der Waals surface area (Å²) in [5.74, 6) is -0.512. The average molecular weight is 330 g/mol. The van der Waals surface area contributed by atoms with E-state index in [0.29, 0.717) is 31.9 Å². The molecule has 3 atom stereocenters. The molecule has 0 saturated carbocycles. The highest BCUT2D eigenvalue weighted by atomic mass is 35.5. The molecule has 2 amide bonds. The molecular formula is C13H20ClN5O3. The number of β-amino-alcohol motifs (C(OH)–C–C–N with tert-alkyl or cyclic N) is 1. The molecule has 22 heavy (non-hydrogen) atoms. The van der Waals surface area contributed by atoms with Crippen LogP contribution in [0.25, 0.3) is 0 Å². The Morgan fingerprint density at radius 1 is 1.50 bits per heavy atom. The normalized spacial score (nSPS) is 27.8. The minimum atomic E-state index is -0.419. The highest BCUT2D eigenvalue weighted by molar-refractivity contribution is 6.00. The van der Waals surface area contributed by atoms with Gasteiger partial charge in [0.05, 0.1) is 23.9 Å². The summed E-state index contributed by atoms with van der Waals surface area (Å²) in [6, 6.07) is 0. The Hall–Kier alpha value is -1.64. The Kier molecular flexibility index (Phi) is 5.38. The van der Waals surface area contributed by atoms with Crippen molar-refractivity contribution in [3.63, 3.8) is 0 Å². The van der Waals surface area contributed by atoms with Gasteiger partial charge in [0, 0.05) is 44.7 Å². The molecule has 2 saturated heterocycles. The summed E-state index contributed by atoms with van der Waals surface area (Å²) in [6.07, 6.45) is 3.00. The third-order valence-electron chi connectivity index (χ3n) is 4.13. The van der Waals surface area contributed by atoms with Crippen LogP contribution in [0.5, 0.6) is 0 Å². The van der Waals surface area contributed by atoms with Crippen molar-refractivity contribution in [1.82, 2.24) is 20.8 Å². The topological polar surface area (TPSA) is 110 Å². The first-order valence-corrected chi connectivity index (χ1v) is 7.11. The van der Waals surface area contributed by atoms with Crippen molar-refractivity contribution < 1.29 is 14.7 Å². The predicted molar refractivity (Wildman–Crippen MR) is 81.7 cm³/mol. The molecule has 2 aliphatic rings. The SMILES string of the molecule is Cl.O=C(NCC1CNCC1O)C1CC(=O)N(c2cn[nH]c2)C1. The molecule has 4 N–H and O–H groups in total. The number of carbonyl (C=O) groups is 2. The molecule has 0 spiro atoms. The third-order valence-corrected chi connectivity index (χ3v) is 4.13. The van der Waals surface area contributed by atoms with Gasteiger partial charge in [-0.1, -0.05) is 0 Å². The van der Waals surface area contributed by atoms with E-state index in [9.17, 15) is 14.7 Å². The van der Waals surface area contributed by atoms with Crippen molar-refractivity contribution in [2.45, 2.75) is 12.5 Å². The van der Waals surface area contributed by atoms with E-state index < -0.39 is 6.10 Å². The minimum absolute atomic E-state index is 0. The fourth-order valence-electron chi connectivity index (χ4n) is 2.83. The Morgan fingerprint density at radius 2 is 2.32 bits per heavy atom. The Bertz CT molecular complexity index is 524. The minimum Gasteiger partial charge on any atom is -0.391 e. The van der Waals surface area contributed by atoms with Crippen molar-refractivity contribution in [2.24, 2.45) is 11.8 Å². The van der Waals surface area contributed by atoms with Gasteiger partial charge in [-0.15, -0.1) is 12.4 Å². The number of nitrogens with zero attached hydrogens (tertiary/aromatic N) is 2. The van der Waals surface area contributed by atoms with Gasteiger partial charge in [0.25, 0.3) is 0 Å². The number of carbonyl (C=O) groups excluding carboxylic acids is 2. The first-order chi connectivity index (χ1) is 10.1. The van der Waals surface area contributed by atoms with Crippen molar-refractivity contribution in [1.29, 1.82) is 0 Å². The summed E-state index contributed by atoms with van der Waals surface area (Å²) in [5, 5.41) is 22.1. The van der Waals surface area contributed by atoms with Crippen LogP contribution in [0.1, 0.15) is 6.42 Å². The van der Waals surface area contributed by atoms with Crippen LogP contribution in [0, 0.1) is 11.8 Å². The van der Waals surface area contributed by atoms with Crippen LogP contribution in [-0.2, 0) is 9.59 Å². The van der Waals surface area contributed by atoms with Crippen LogP contribution in [0.3, 0.4) is 0 Å². The molecule has 2 aliphatic heterocycles. The maximum Gasteiger partial charge on any atom is 0.227 e. The van der Waals surface area contributed by atoms with Gasteiger partial charge in [-0.2, -0.15) is 5.10 Å². The van der Waals surface area contributed by atoms with Gasteiger partial charge in [-0.25, -0.2) is 0 Å². The molecule has 122 valence electrons. The van der Waals surface area contributed by atoms with Gasteiger partial charge in [0.15, 0.2) is 0 Å². The summed E-state index contributed by atoms with van der Waals surface area (Å²) in [7, 11) is 0. The third kappa shape index (κ3) is 3.40. The summed E-state index contributed by atoms with van der Waals surface area (Å²) >= 11 is 0. The zero-order valence-corrected chi connectivity index (χ0v) is 12.8. The summed E-state index contributed by atoms with van der Waals surface area (Å²) in [6.45, 7) is 2.07. The monoisotopic (exact) mass is 329 g/mol. The Labute approximate surface area is 134 Å². The van der Waals surface area contributed by atoms with E-state index in [1.54, 1.807) is 17.3 Å². The van der Waals surface area contributed by atoms with Crippen molar-refractivity contribution in [3.05, 3.63) is 12.4 Å². The number of nitrogens with one attached hydrogen (secondary N) is 3. The first kappa shape index (κ1) is 16.7. The number of aliphatic hydroxyl groups is 1. The number of H-pyrrole nitrogens is 1. The molecule has 9 heteroatoms. The van der Waals surface area contributed by atoms with E-state index in [0.717, 1.165) is 0 Å². The second-order valence-corrected chi connectivity index (χ2v) is 5.59. The number of anilines is 1. The van der Waals surface area contributed by atoms with Gasteiger partial charge in [0.1, 0.15) is 0 Å². The van der Waals surface area contributed by atoms with Gasteiger partial charge in [0.2, 0.25) is 11.8 Å². The maximum absolute atomic E-state index is 12.2. The lowest BCUT2D eigenvalue weighted by molar-refractivity contribution is -0.126. The molecule has 0 aliphatic carbocycles. The van der Waals surface area contributed by atoms with Crippen LogP contribution in [0.4, 0.5) is 5.69 Å². The molecule has 1 aromatic heterocycles. The quantitative estimate of drug-likeness (QED) is 0.559. The zero-order chi connectivity index (χ0) is 14.8. The summed E-state index contributed by atoms with van der Waals surface area (Å²) < 4.78 is 0. The van der Waals surface area contributed by atoms with E-state index in [1.807, 2.05) is 0 Å². The number of halogens is 1. The average Bonchev–Trinajstić information content (AvgIpc) is 3.17. The van der Waals surface area contributed by atoms with Gasteiger partial charge < -0.3 is 20.6 Å². The molecule has 1 aromatic rings. The number of hydrogen-bond acceptors (Lipinski definition) is 5. The lowest BCUT2D eigenvalue weighted by atomic mass is 10.0. The molecule has 0 aromatic carbocycles. The second kappa shape index (κ2) is 7.08. The summed E-state index contributed by atoms with van der Waals surface area (Å²) in [5.41, 5.74) is 0.686. The van der Waals surface area contributed by atoms with Gasteiger partial charge in [-0.3, -0.25) is 14.7 Å². The number of amides is 2. The van der Waals surface area contributed by atoms with Crippen molar-refractivity contribution in [2.75, 3.05) is 31.1 Å². The fraction of sp³-hybridized carbons (Fsp3) is 0.615. The predicted octanol–water partition coefficient (Wildman–Crippen LogP) is -1.12. The van der Waals surface area contributed by atoms with Crippen LogP contribution in [-0.4, -0.2) is 59.4 Å². The number of rotatable bonds is 4. The number of aromatic nitrogens is 2. The largest absolute Gasteiger partial charge is 0.391 e. The van der Waals surface area contributed by atoms with E-state index in [-0.39, 0.29) is 42.5 Å². The van der Waals surface area contributed by atoms with Crippen LogP contribution < -0.4 is 15.5 Å². The molecule has 2 fully saturated rings. The summed E-state index contributed by atoms with van der Waals surface area (Å²) in [4.78, 5) is 25.7. The smallest absolute Gasteiger partial charge is 0.227 e. The van der Waals surface area contributed by atoms with E-state index >= 15 is 0 Å². The van der Waals surface area contributed by atoms with Crippen LogP contribution in [0.2, 0.25) is 0 Å². The number of hydrogen-bond donors (Lipinski definition) is 4. The molecule has 8 nitrogen and oxygen atoms in total. The van der Waals surface area contributed by atoms with Gasteiger partial charge in [-0.05, 0) is 0 Å². The maximum atomic E-state index is 12.2. The molecule has 3 heterocycles. The first-order valence-electron chi connectivity index (χ1n) is 7.11. The van der Waals surface area contributed by atoms with Crippen molar-refractivity contribution in [3.8, 4) is 0 Å². The van der Waals surface area contributed by atoms with E-state index in [1.165, 1.54) is 0 Å². The van der Waals surface area contributed by atoms with Crippen LogP contribution >= 0.6 is 12.4 Å². The standard InChI is InChI=1S/C13H19N5O3.ClH/c19-11-6-14-2-9(11)3-15-13(21)8-1-12(20)18(7-8)10-4-16-17-5-10;/h4-5,8-9,11,14,19H,1-3,6-7H2,(H,15,21)(H,16,17);1H. The Morgan fingerprint density at radius 3 is 2.95 bits per heavy atom. The lowest BCUT2D eigenvalue weighted by Crippen LogP contribution is -2.38. The fourth-order valence-corrected chi connectivity index (χ4v) is 2.83. The van der Waals surface area contributed by atoms with E-state index in [4.69, 9.17) is 0 Å². The number of aromatic amines is 1. The zero-order valence-electron chi connectivity index (χ0n) is 12.0. The van der Waals surface area contributed by atoms with Crippen LogP contribution in [0.15, 0.2) is 12.4 Å². The lowest BCUT2D eigenvalue weighted by Gasteiger charge is -2.17.